The third-order valence-electron chi connectivity index (χ3n) is 4.68. The van der Waals surface area contributed by atoms with Crippen molar-refractivity contribution in [1.82, 2.24) is 4.98 Å². The fourth-order valence-electron chi connectivity index (χ4n) is 3.24. The Kier molecular flexibility index (Phi) is 6.10. The standard InChI is InChI=1S/C23H21FN2O2S/c24-18-15-17(26-22(27)8-4-7-16-5-2-1-3-6-16)9-10-20(18)28-21-11-13-25-19-12-14-29-23(19)21/h1-3,5-6,9-11,13,15H,4,7-8,12,14H2,(H,26,27). The summed E-state index contributed by atoms with van der Waals surface area (Å²) in [6.07, 6.45) is 4.54. The molecule has 2 heterocycles. The summed E-state index contributed by atoms with van der Waals surface area (Å²) in [6.45, 7) is 0. The van der Waals surface area contributed by atoms with E-state index in [1.165, 1.54) is 11.6 Å². The minimum absolute atomic E-state index is 0.127. The summed E-state index contributed by atoms with van der Waals surface area (Å²) < 4.78 is 20.3. The van der Waals surface area contributed by atoms with Crippen LogP contribution >= 0.6 is 11.8 Å². The van der Waals surface area contributed by atoms with Gasteiger partial charge in [-0.1, -0.05) is 30.3 Å². The van der Waals surface area contributed by atoms with Crippen LogP contribution in [0.2, 0.25) is 0 Å². The molecule has 0 atom stereocenters. The third-order valence-corrected chi connectivity index (χ3v) is 5.81. The number of halogens is 1. The van der Waals surface area contributed by atoms with Crippen LogP contribution in [0.3, 0.4) is 0 Å². The van der Waals surface area contributed by atoms with E-state index >= 15 is 0 Å². The van der Waals surface area contributed by atoms with Gasteiger partial charge in [0.05, 0.1) is 10.6 Å². The second-order valence-electron chi connectivity index (χ2n) is 6.82. The van der Waals surface area contributed by atoms with Crippen molar-refractivity contribution in [2.24, 2.45) is 0 Å². The van der Waals surface area contributed by atoms with Crippen molar-refractivity contribution in [2.75, 3.05) is 11.1 Å². The van der Waals surface area contributed by atoms with Gasteiger partial charge in [0.1, 0.15) is 5.75 Å². The number of thioether (sulfide) groups is 1. The molecule has 1 N–H and O–H groups in total. The number of nitrogens with zero attached hydrogens (tertiary/aromatic N) is 1. The predicted octanol–water partition coefficient (Wildman–Crippen LogP) is 5.62. The number of carbonyl (C=O) groups is 1. The average molecular weight is 408 g/mol. The van der Waals surface area contributed by atoms with Gasteiger partial charge in [-0.2, -0.15) is 0 Å². The zero-order valence-electron chi connectivity index (χ0n) is 15.9. The van der Waals surface area contributed by atoms with Gasteiger partial charge in [-0.3, -0.25) is 9.78 Å². The number of amides is 1. The summed E-state index contributed by atoms with van der Waals surface area (Å²) >= 11 is 1.67. The second-order valence-corrected chi connectivity index (χ2v) is 7.92. The van der Waals surface area contributed by atoms with Crippen molar-refractivity contribution in [3.63, 3.8) is 0 Å². The molecule has 1 amide bonds. The number of aromatic nitrogens is 1. The first kappa shape index (κ1) is 19.5. The number of fused-ring (bicyclic) bond motifs is 1. The molecule has 0 saturated heterocycles. The average Bonchev–Trinajstić information content (AvgIpc) is 3.21. The number of aryl methyl sites for hydroxylation is 2. The lowest BCUT2D eigenvalue weighted by molar-refractivity contribution is -0.116. The molecule has 6 heteroatoms. The Labute approximate surface area is 173 Å². The molecule has 29 heavy (non-hydrogen) atoms. The third kappa shape index (κ3) is 4.95. The van der Waals surface area contributed by atoms with Crippen LogP contribution in [0, 0.1) is 5.82 Å². The van der Waals surface area contributed by atoms with Crippen LogP contribution in [0.4, 0.5) is 10.1 Å². The Morgan fingerprint density at radius 1 is 1.14 bits per heavy atom. The normalized spacial score (nSPS) is 12.4. The molecule has 0 fully saturated rings. The highest BCUT2D eigenvalue weighted by Gasteiger charge is 2.19. The maximum Gasteiger partial charge on any atom is 0.224 e. The van der Waals surface area contributed by atoms with Gasteiger partial charge in [-0.25, -0.2) is 4.39 Å². The number of rotatable bonds is 7. The van der Waals surface area contributed by atoms with Crippen LogP contribution in [-0.2, 0) is 17.6 Å². The number of hydrogen-bond acceptors (Lipinski definition) is 4. The van der Waals surface area contributed by atoms with Crippen LogP contribution in [0.25, 0.3) is 0 Å². The lowest BCUT2D eigenvalue weighted by atomic mass is 10.1. The minimum atomic E-state index is -0.513. The van der Waals surface area contributed by atoms with Gasteiger partial charge < -0.3 is 10.1 Å². The number of anilines is 1. The number of hydrogen-bond donors (Lipinski definition) is 1. The Bertz CT molecular complexity index is 1010. The molecule has 148 valence electrons. The van der Waals surface area contributed by atoms with E-state index in [1.807, 2.05) is 30.3 Å². The monoisotopic (exact) mass is 408 g/mol. The molecule has 0 bridgehead atoms. The number of ether oxygens (including phenoxy) is 1. The van der Waals surface area contributed by atoms with E-state index < -0.39 is 5.82 Å². The van der Waals surface area contributed by atoms with Crippen molar-refractivity contribution in [2.45, 2.75) is 30.6 Å². The fourth-order valence-corrected chi connectivity index (χ4v) is 4.31. The maximum absolute atomic E-state index is 14.5. The van der Waals surface area contributed by atoms with Crippen molar-refractivity contribution in [3.05, 3.63) is 77.9 Å². The number of pyridine rings is 1. The van der Waals surface area contributed by atoms with Crippen molar-refractivity contribution in [3.8, 4) is 11.5 Å². The van der Waals surface area contributed by atoms with E-state index in [0.29, 0.717) is 17.9 Å². The Morgan fingerprint density at radius 2 is 2.00 bits per heavy atom. The largest absolute Gasteiger partial charge is 0.453 e. The summed E-state index contributed by atoms with van der Waals surface area (Å²) in [5.41, 5.74) is 2.62. The fraction of sp³-hybridized carbons (Fsp3) is 0.217. The molecule has 4 nitrogen and oxygen atoms in total. The molecular weight excluding hydrogens is 387 g/mol. The molecular formula is C23H21FN2O2S. The molecule has 4 rings (SSSR count). The van der Waals surface area contributed by atoms with E-state index in [-0.39, 0.29) is 11.7 Å². The topological polar surface area (TPSA) is 51.2 Å². The Hall–Kier alpha value is -2.86. The van der Waals surface area contributed by atoms with E-state index in [4.69, 9.17) is 4.74 Å². The number of nitrogens with one attached hydrogen (secondary N) is 1. The van der Waals surface area contributed by atoms with Gasteiger partial charge in [0.15, 0.2) is 11.6 Å². The van der Waals surface area contributed by atoms with Crippen LogP contribution in [-0.4, -0.2) is 16.6 Å². The molecule has 0 spiro atoms. The van der Waals surface area contributed by atoms with Gasteiger partial charge in [0.25, 0.3) is 0 Å². The highest BCUT2D eigenvalue weighted by Crippen LogP contribution is 2.40. The molecule has 1 aliphatic heterocycles. The van der Waals surface area contributed by atoms with Gasteiger partial charge in [-0.15, -0.1) is 11.8 Å². The first-order valence-corrected chi connectivity index (χ1v) is 10.6. The van der Waals surface area contributed by atoms with E-state index in [2.05, 4.69) is 10.3 Å². The predicted molar refractivity (Wildman–Crippen MR) is 113 cm³/mol. The van der Waals surface area contributed by atoms with E-state index in [0.717, 1.165) is 35.6 Å². The summed E-state index contributed by atoms with van der Waals surface area (Å²) in [5, 5.41) is 2.75. The Balaban J connectivity index is 1.34. The molecule has 2 aromatic carbocycles. The lowest BCUT2D eigenvalue weighted by Crippen LogP contribution is -2.11. The summed E-state index contributed by atoms with van der Waals surface area (Å²) in [7, 11) is 0. The second kappa shape index (κ2) is 9.09. The molecule has 0 unspecified atom stereocenters. The van der Waals surface area contributed by atoms with Gasteiger partial charge in [0.2, 0.25) is 5.91 Å². The van der Waals surface area contributed by atoms with Crippen molar-refractivity contribution < 1.29 is 13.9 Å². The smallest absolute Gasteiger partial charge is 0.224 e. The molecule has 0 radical (unpaired) electrons. The van der Waals surface area contributed by atoms with Gasteiger partial charge in [0, 0.05) is 42.6 Å². The zero-order valence-corrected chi connectivity index (χ0v) is 16.7. The van der Waals surface area contributed by atoms with E-state index in [9.17, 15) is 9.18 Å². The quantitative estimate of drug-likeness (QED) is 0.551. The molecule has 3 aromatic rings. The first-order valence-electron chi connectivity index (χ1n) is 9.61. The van der Waals surface area contributed by atoms with Crippen LogP contribution in [0.1, 0.15) is 24.1 Å². The zero-order chi connectivity index (χ0) is 20.1. The van der Waals surface area contributed by atoms with Crippen molar-refractivity contribution in [1.29, 1.82) is 0 Å². The SMILES string of the molecule is O=C(CCCc1ccccc1)Nc1ccc(Oc2ccnc3c2SCC3)c(F)c1. The van der Waals surface area contributed by atoms with Gasteiger partial charge in [-0.05, 0) is 30.5 Å². The minimum Gasteiger partial charge on any atom is -0.453 e. The van der Waals surface area contributed by atoms with Crippen molar-refractivity contribution >= 4 is 23.4 Å². The molecule has 1 aliphatic rings. The summed E-state index contributed by atoms with van der Waals surface area (Å²) in [6, 6.07) is 16.3. The highest BCUT2D eigenvalue weighted by molar-refractivity contribution is 7.99. The van der Waals surface area contributed by atoms with Crippen LogP contribution in [0.5, 0.6) is 11.5 Å². The molecule has 1 aromatic heterocycles. The number of carbonyl (C=O) groups excluding carboxylic acids is 1. The lowest BCUT2D eigenvalue weighted by Gasteiger charge is -2.11. The highest BCUT2D eigenvalue weighted by atomic mass is 32.2. The number of benzene rings is 2. The maximum atomic E-state index is 14.5. The van der Waals surface area contributed by atoms with Crippen LogP contribution < -0.4 is 10.1 Å². The summed E-state index contributed by atoms with van der Waals surface area (Å²) in [5.74, 6) is 1.07. The van der Waals surface area contributed by atoms with Gasteiger partial charge >= 0.3 is 0 Å². The summed E-state index contributed by atoms with van der Waals surface area (Å²) in [4.78, 5) is 17.5. The van der Waals surface area contributed by atoms with Crippen LogP contribution in [0.15, 0.2) is 65.7 Å². The molecule has 0 saturated carbocycles. The van der Waals surface area contributed by atoms with E-state index in [1.54, 1.807) is 36.2 Å². The Morgan fingerprint density at radius 3 is 2.83 bits per heavy atom. The first-order chi connectivity index (χ1) is 14.2. The molecule has 0 aliphatic carbocycles.